The molecule has 7 heteroatoms. The predicted octanol–water partition coefficient (Wildman–Crippen LogP) is 2.14. The largest absolute Gasteiger partial charge is 0.495 e. The number of hydrogen-bond acceptors (Lipinski definition) is 5. The number of benzene rings is 2. The highest BCUT2D eigenvalue weighted by Crippen LogP contribution is 2.32. The number of rotatable bonds is 5. The van der Waals surface area contributed by atoms with E-state index >= 15 is 0 Å². The SMILES string of the molecule is COc1ccccc1N1C(=O)C[C@@H](Nc2ccc(C(=O)O)cc2)C1=O. The van der Waals surface area contributed by atoms with E-state index in [2.05, 4.69) is 5.32 Å². The number of ether oxygens (including phenoxy) is 1. The van der Waals surface area contributed by atoms with E-state index in [1.807, 2.05) is 0 Å². The lowest BCUT2D eigenvalue weighted by atomic mass is 10.2. The van der Waals surface area contributed by atoms with E-state index in [1.165, 1.54) is 19.2 Å². The van der Waals surface area contributed by atoms with E-state index in [1.54, 1.807) is 36.4 Å². The van der Waals surface area contributed by atoms with Crippen molar-refractivity contribution in [2.45, 2.75) is 12.5 Å². The second-order valence-corrected chi connectivity index (χ2v) is 5.52. The van der Waals surface area contributed by atoms with Crippen molar-refractivity contribution < 1.29 is 24.2 Å². The van der Waals surface area contributed by atoms with E-state index in [0.29, 0.717) is 17.1 Å². The molecule has 1 atom stereocenters. The van der Waals surface area contributed by atoms with Gasteiger partial charge in [-0.25, -0.2) is 9.69 Å². The number of carboxylic acids is 1. The summed E-state index contributed by atoms with van der Waals surface area (Å²) in [6.45, 7) is 0. The van der Waals surface area contributed by atoms with Crippen LogP contribution in [0.3, 0.4) is 0 Å². The van der Waals surface area contributed by atoms with Crippen molar-refractivity contribution in [3.63, 3.8) is 0 Å². The van der Waals surface area contributed by atoms with Crippen molar-refractivity contribution in [3.05, 3.63) is 54.1 Å². The summed E-state index contributed by atoms with van der Waals surface area (Å²) < 4.78 is 5.22. The Bertz CT molecular complexity index is 832. The molecule has 25 heavy (non-hydrogen) atoms. The Kier molecular flexibility index (Phi) is 4.38. The van der Waals surface area contributed by atoms with Gasteiger partial charge in [-0.15, -0.1) is 0 Å². The Morgan fingerprint density at radius 2 is 1.84 bits per heavy atom. The van der Waals surface area contributed by atoms with Gasteiger partial charge in [0.25, 0.3) is 5.91 Å². The first-order valence-corrected chi connectivity index (χ1v) is 7.61. The number of aromatic carboxylic acids is 1. The van der Waals surface area contributed by atoms with Crippen molar-refractivity contribution in [3.8, 4) is 5.75 Å². The minimum Gasteiger partial charge on any atom is -0.495 e. The van der Waals surface area contributed by atoms with Gasteiger partial charge in [0.15, 0.2) is 0 Å². The molecule has 0 spiro atoms. The van der Waals surface area contributed by atoms with Crippen LogP contribution < -0.4 is 15.0 Å². The summed E-state index contributed by atoms with van der Waals surface area (Å²) in [7, 11) is 1.48. The molecule has 128 valence electrons. The number of carbonyl (C=O) groups excluding carboxylic acids is 2. The monoisotopic (exact) mass is 340 g/mol. The summed E-state index contributed by atoms with van der Waals surface area (Å²) in [6.07, 6.45) is 0.0115. The maximum atomic E-state index is 12.7. The molecule has 2 amide bonds. The average molecular weight is 340 g/mol. The van der Waals surface area contributed by atoms with Gasteiger partial charge in [0.05, 0.1) is 24.8 Å². The molecule has 0 aliphatic carbocycles. The number of amides is 2. The minimum atomic E-state index is -1.03. The maximum absolute atomic E-state index is 12.7. The number of carbonyl (C=O) groups is 3. The van der Waals surface area contributed by atoms with Crippen LogP contribution in [0.25, 0.3) is 0 Å². The highest BCUT2D eigenvalue weighted by atomic mass is 16.5. The van der Waals surface area contributed by atoms with Crippen LogP contribution in [0.1, 0.15) is 16.8 Å². The molecule has 0 saturated carbocycles. The standard InChI is InChI=1S/C18H16N2O5/c1-25-15-5-3-2-4-14(15)20-16(21)10-13(17(20)22)19-12-8-6-11(7-9-12)18(23)24/h2-9,13,19H,10H2,1H3,(H,23,24)/t13-/m1/s1. The molecule has 0 aromatic heterocycles. The van der Waals surface area contributed by atoms with Crippen molar-refractivity contribution in [1.82, 2.24) is 0 Å². The number of methoxy groups -OCH3 is 1. The van der Waals surface area contributed by atoms with Gasteiger partial charge in [0.1, 0.15) is 11.8 Å². The van der Waals surface area contributed by atoms with Gasteiger partial charge in [-0.1, -0.05) is 12.1 Å². The van der Waals surface area contributed by atoms with Gasteiger partial charge < -0.3 is 15.2 Å². The first-order chi connectivity index (χ1) is 12.0. The van der Waals surface area contributed by atoms with Gasteiger partial charge in [-0.05, 0) is 36.4 Å². The summed E-state index contributed by atoms with van der Waals surface area (Å²) >= 11 is 0. The van der Waals surface area contributed by atoms with Crippen LogP contribution in [-0.2, 0) is 9.59 Å². The molecule has 3 rings (SSSR count). The Balaban J connectivity index is 1.80. The van der Waals surface area contributed by atoms with Crippen LogP contribution in [0.4, 0.5) is 11.4 Å². The van der Waals surface area contributed by atoms with E-state index in [0.717, 1.165) is 4.90 Å². The smallest absolute Gasteiger partial charge is 0.335 e. The molecule has 0 bridgehead atoms. The molecule has 2 N–H and O–H groups in total. The lowest BCUT2D eigenvalue weighted by Crippen LogP contribution is -2.35. The number of anilines is 2. The molecule has 0 unspecified atom stereocenters. The molecule has 1 heterocycles. The fourth-order valence-electron chi connectivity index (χ4n) is 2.72. The third-order valence-corrected chi connectivity index (χ3v) is 3.95. The number of hydrogen-bond donors (Lipinski definition) is 2. The van der Waals surface area contributed by atoms with Gasteiger partial charge in [-0.3, -0.25) is 9.59 Å². The summed E-state index contributed by atoms with van der Waals surface area (Å²) in [5.74, 6) is -1.29. The van der Waals surface area contributed by atoms with Crippen molar-refractivity contribution >= 4 is 29.2 Å². The zero-order valence-electron chi connectivity index (χ0n) is 13.4. The molecular formula is C18H16N2O5. The lowest BCUT2D eigenvalue weighted by Gasteiger charge is -2.18. The van der Waals surface area contributed by atoms with Crippen LogP contribution in [0, 0.1) is 0 Å². The molecule has 0 radical (unpaired) electrons. The van der Waals surface area contributed by atoms with Gasteiger partial charge in [-0.2, -0.15) is 0 Å². The number of nitrogens with zero attached hydrogens (tertiary/aromatic N) is 1. The fourth-order valence-corrected chi connectivity index (χ4v) is 2.72. The van der Waals surface area contributed by atoms with Crippen LogP contribution in [-0.4, -0.2) is 36.0 Å². The molecule has 7 nitrogen and oxygen atoms in total. The Morgan fingerprint density at radius 3 is 2.48 bits per heavy atom. The quantitative estimate of drug-likeness (QED) is 0.810. The Hall–Kier alpha value is -3.35. The van der Waals surface area contributed by atoms with E-state index < -0.39 is 12.0 Å². The molecule has 1 aliphatic rings. The first kappa shape index (κ1) is 16.5. The Morgan fingerprint density at radius 1 is 1.16 bits per heavy atom. The highest BCUT2D eigenvalue weighted by Gasteiger charge is 2.40. The third-order valence-electron chi connectivity index (χ3n) is 3.95. The average Bonchev–Trinajstić information content (AvgIpc) is 2.89. The Labute approximate surface area is 143 Å². The van der Waals surface area contributed by atoms with Crippen molar-refractivity contribution in [2.75, 3.05) is 17.3 Å². The van der Waals surface area contributed by atoms with E-state index in [4.69, 9.17) is 9.84 Å². The van der Waals surface area contributed by atoms with Crippen molar-refractivity contribution in [1.29, 1.82) is 0 Å². The van der Waals surface area contributed by atoms with Crippen LogP contribution >= 0.6 is 0 Å². The third kappa shape index (κ3) is 3.16. The molecule has 1 fully saturated rings. The summed E-state index contributed by atoms with van der Waals surface area (Å²) in [5.41, 5.74) is 1.12. The molecular weight excluding hydrogens is 324 g/mol. The number of para-hydroxylation sites is 2. The molecule has 2 aromatic carbocycles. The predicted molar refractivity (Wildman–Crippen MR) is 90.9 cm³/mol. The summed E-state index contributed by atoms with van der Waals surface area (Å²) in [4.78, 5) is 37.0. The molecule has 2 aromatic rings. The van der Waals surface area contributed by atoms with E-state index in [-0.39, 0.29) is 23.8 Å². The molecule has 1 saturated heterocycles. The number of imide groups is 1. The fraction of sp³-hybridized carbons (Fsp3) is 0.167. The zero-order valence-corrected chi connectivity index (χ0v) is 13.4. The highest BCUT2D eigenvalue weighted by molar-refractivity contribution is 6.23. The van der Waals surface area contributed by atoms with Crippen LogP contribution in [0.2, 0.25) is 0 Å². The summed E-state index contributed by atoms with van der Waals surface area (Å²) in [5, 5.41) is 11.9. The first-order valence-electron chi connectivity index (χ1n) is 7.61. The minimum absolute atomic E-state index is 0.0115. The zero-order chi connectivity index (χ0) is 18.0. The summed E-state index contributed by atoms with van der Waals surface area (Å²) in [6, 6.07) is 12.1. The second-order valence-electron chi connectivity index (χ2n) is 5.52. The maximum Gasteiger partial charge on any atom is 0.335 e. The number of carboxylic acid groups (broad SMARTS) is 1. The second kappa shape index (κ2) is 6.64. The van der Waals surface area contributed by atoms with Gasteiger partial charge >= 0.3 is 5.97 Å². The molecule has 1 aliphatic heterocycles. The van der Waals surface area contributed by atoms with Crippen LogP contribution in [0.15, 0.2) is 48.5 Å². The van der Waals surface area contributed by atoms with Gasteiger partial charge in [0.2, 0.25) is 5.91 Å². The topological polar surface area (TPSA) is 95.9 Å². The van der Waals surface area contributed by atoms with Crippen molar-refractivity contribution in [2.24, 2.45) is 0 Å². The lowest BCUT2D eigenvalue weighted by molar-refractivity contribution is -0.121. The van der Waals surface area contributed by atoms with Crippen LogP contribution in [0.5, 0.6) is 5.75 Å². The van der Waals surface area contributed by atoms with Gasteiger partial charge in [0, 0.05) is 5.69 Å². The normalized spacial score (nSPS) is 16.8. The number of nitrogens with one attached hydrogen (secondary N) is 1. The van der Waals surface area contributed by atoms with E-state index in [9.17, 15) is 14.4 Å².